The molecule has 0 amide bonds. The molecular formula is C14H16FNO2S. The Morgan fingerprint density at radius 1 is 1.58 bits per heavy atom. The van der Waals surface area contributed by atoms with E-state index in [0.29, 0.717) is 11.6 Å². The lowest BCUT2D eigenvalue weighted by Crippen LogP contribution is -2.40. The van der Waals surface area contributed by atoms with Crippen molar-refractivity contribution in [3.63, 3.8) is 0 Å². The van der Waals surface area contributed by atoms with E-state index in [9.17, 15) is 9.18 Å². The summed E-state index contributed by atoms with van der Waals surface area (Å²) >= 11 is 1.88. The molecule has 1 aliphatic heterocycles. The molecule has 102 valence electrons. The number of rotatable bonds is 3. The molecule has 1 saturated heterocycles. The predicted octanol–water partition coefficient (Wildman–Crippen LogP) is 2.87. The highest BCUT2D eigenvalue weighted by atomic mass is 32.2. The number of anilines is 1. The number of thioether (sulfide) groups is 1. The Morgan fingerprint density at radius 2 is 2.37 bits per heavy atom. The van der Waals surface area contributed by atoms with Crippen molar-refractivity contribution in [1.82, 2.24) is 0 Å². The number of hydrogen-bond acceptors (Lipinski definition) is 3. The Balaban J connectivity index is 2.38. The van der Waals surface area contributed by atoms with Gasteiger partial charge in [0.25, 0.3) is 0 Å². The molecule has 1 fully saturated rings. The number of halogens is 1. The van der Waals surface area contributed by atoms with Gasteiger partial charge in [-0.1, -0.05) is 6.07 Å². The SMILES string of the molecule is CC1CSCCN1c1cccc(F)c1/C=C/C(=O)O. The normalized spacial score (nSPS) is 19.9. The largest absolute Gasteiger partial charge is 0.478 e. The molecule has 2 rings (SSSR count). The fraction of sp³-hybridized carbons (Fsp3) is 0.357. The number of carboxylic acid groups (broad SMARTS) is 1. The minimum atomic E-state index is -1.07. The van der Waals surface area contributed by atoms with Gasteiger partial charge in [0.15, 0.2) is 0 Å². The van der Waals surface area contributed by atoms with Crippen LogP contribution in [0.5, 0.6) is 0 Å². The fourth-order valence-corrected chi connectivity index (χ4v) is 3.19. The molecule has 1 aliphatic rings. The molecule has 1 atom stereocenters. The molecule has 1 aromatic rings. The van der Waals surface area contributed by atoms with Crippen LogP contribution in [0.1, 0.15) is 12.5 Å². The van der Waals surface area contributed by atoms with Gasteiger partial charge in [-0.3, -0.25) is 0 Å². The van der Waals surface area contributed by atoms with Gasteiger partial charge in [0.1, 0.15) is 5.82 Å². The number of aliphatic carboxylic acids is 1. The zero-order chi connectivity index (χ0) is 13.8. The molecular weight excluding hydrogens is 265 g/mol. The zero-order valence-electron chi connectivity index (χ0n) is 10.7. The summed E-state index contributed by atoms with van der Waals surface area (Å²) in [6.45, 7) is 2.95. The van der Waals surface area contributed by atoms with Crippen LogP contribution in [0.25, 0.3) is 6.08 Å². The summed E-state index contributed by atoms with van der Waals surface area (Å²) in [6, 6.07) is 5.18. The van der Waals surface area contributed by atoms with E-state index < -0.39 is 5.97 Å². The number of hydrogen-bond donors (Lipinski definition) is 1. The van der Waals surface area contributed by atoms with Crippen molar-refractivity contribution in [2.45, 2.75) is 13.0 Å². The molecule has 5 heteroatoms. The van der Waals surface area contributed by atoms with Gasteiger partial charge >= 0.3 is 5.97 Å². The Hall–Kier alpha value is -1.49. The molecule has 1 unspecified atom stereocenters. The molecule has 0 aromatic heterocycles. The fourth-order valence-electron chi connectivity index (χ4n) is 2.18. The van der Waals surface area contributed by atoms with E-state index in [1.807, 2.05) is 17.8 Å². The van der Waals surface area contributed by atoms with Crippen LogP contribution in [0.4, 0.5) is 10.1 Å². The highest BCUT2D eigenvalue weighted by Gasteiger charge is 2.21. The van der Waals surface area contributed by atoms with Crippen molar-refractivity contribution in [2.75, 3.05) is 23.0 Å². The van der Waals surface area contributed by atoms with Gasteiger partial charge in [-0.05, 0) is 25.1 Å². The van der Waals surface area contributed by atoms with Gasteiger partial charge in [-0.25, -0.2) is 9.18 Å². The topological polar surface area (TPSA) is 40.5 Å². The van der Waals surface area contributed by atoms with Gasteiger partial charge in [0.2, 0.25) is 0 Å². The van der Waals surface area contributed by atoms with Crippen LogP contribution in [0.2, 0.25) is 0 Å². The lowest BCUT2D eigenvalue weighted by molar-refractivity contribution is -0.131. The van der Waals surface area contributed by atoms with Crippen LogP contribution < -0.4 is 4.90 Å². The molecule has 0 radical (unpaired) electrons. The maximum absolute atomic E-state index is 13.9. The lowest BCUT2D eigenvalue weighted by atomic mass is 10.1. The van der Waals surface area contributed by atoms with Crippen LogP contribution in [0.3, 0.4) is 0 Å². The van der Waals surface area contributed by atoms with Gasteiger partial charge in [-0.15, -0.1) is 0 Å². The van der Waals surface area contributed by atoms with E-state index in [1.165, 1.54) is 12.1 Å². The monoisotopic (exact) mass is 281 g/mol. The van der Waals surface area contributed by atoms with Crippen molar-refractivity contribution in [1.29, 1.82) is 0 Å². The molecule has 0 saturated carbocycles. The van der Waals surface area contributed by atoms with Crippen LogP contribution in [0, 0.1) is 5.82 Å². The molecule has 3 nitrogen and oxygen atoms in total. The number of benzene rings is 1. The summed E-state index contributed by atoms with van der Waals surface area (Å²) < 4.78 is 13.9. The minimum Gasteiger partial charge on any atom is -0.478 e. The summed E-state index contributed by atoms with van der Waals surface area (Å²) in [5, 5.41) is 8.69. The van der Waals surface area contributed by atoms with Crippen LogP contribution >= 0.6 is 11.8 Å². The molecule has 1 aromatic carbocycles. The van der Waals surface area contributed by atoms with Gasteiger partial charge in [-0.2, -0.15) is 11.8 Å². The number of carboxylic acids is 1. The van der Waals surface area contributed by atoms with E-state index >= 15 is 0 Å². The van der Waals surface area contributed by atoms with Gasteiger partial charge in [0.05, 0.1) is 0 Å². The first-order chi connectivity index (χ1) is 9.09. The molecule has 1 N–H and O–H groups in total. The maximum Gasteiger partial charge on any atom is 0.328 e. The van der Waals surface area contributed by atoms with Gasteiger partial charge in [0, 0.05) is 41.4 Å². The van der Waals surface area contributed by atoms with Crippen LogP contribution in [0.15, 0.2) is 24.3 Å². The Kier molecular flexibility index (Phi) is 4.47. The molecule has 0 aliphatic carbocycles. The third kappa shape index (κ3) is 3.29. The molecule has 19 heavy (non-hydrogen) atoms. The second-order valence-electron chi connectivity index (χ2n) is 4.46. The number of carbonyl (C=O) groups is 1. The second kappa shape index (κ2) is 6.10. The van der Waals surface area contributed by atoms with Crippen LogP contribution in [-0.2, 0) is 4.79 Å². The van der Waals surface area contributed by atoms with E-state index in [-0.39, 0.29) is 5.82 Å². The zero-order valence-corrected chi connectivity index (χ0v) is 11.5. The smallest absolute Gasteiger partial charge is 0.328 e. The van der Waals surface area contributed by atoms with E-state index in [1.54, 1.807) is 6.07 Å². The minimum absolute atomic E-state index is 0.317. The Morgan fingerprint density at radius 3 is 3.05 bits per heavy atom. The first-order valence-electron chi connectivity index (χ1n) is 6.13. The summed E-state index contributed by atoms with van der Waals surface area (Å²) in [5.74, 6) is 0.540. The van der Waals surface area contributed by atoms with Gasteiger partial charge < -0.3 is 10.0 Å². The van der Waals surface area contributed by atoms with Crippen molar-refractivity contribution in [3.8, 4) is 0 Å². The molecule has 1 heterocycles. The van der Waals surface area contributed by atoms with Crippen molar-refractivity contribution < 1.29 is 14.3 Å². The van der Waals surface area contributed by atoms with Crippen LogP contribution in [-0.4, -0.2) is 35.2 Å². The average Bonchev–Trinajstić information content (AvgIpc) is 2.37. The first kappa shape index (κ1) is 13.9. The average molecular weight is 281 g/mol. The Labute approximate surface area is 116 Å². The number of nitrogens with zero attached hydrogens (tertiary/aromatic N) is 1. The maximum atomic E-state index is 13.9. The lowest BCUT2D eigenvalue weighted by Gasteiger charge is -2.36. The standard InChI is InChI=1S/C14H16FNO2S/c1-10-9-19-8-7-16(10)13-4-2-3-12(15)11(13)5-6-14(17)18/h2-6,10H,7-9H2,1H3,(H,17,18)/b6-5+. The van der Waals surface area contributed by atoms with E-state index in [4.69, 9.17) is 5.11 Å². The van der Waals surface area contributed by atoms with E-state index in [2.05, 4.69) is 11.8 Å². The predicted molar refractivity (Wildman–Crippen MR) is 77.2 cm³/mol. The highest BCUT2D eigenvalue weighted by Crippen LogP contribution is 2.29. The Bertz CT molecular complexity index is 504. The third-order valence-electron chi connectivity index (χ3n) is 3.10. The van der Waals surface area contributed by atoms with Crippen molar-refractivity contribution in [3.05, 3.63) is 35.7 Å². The van der Waals surface area contributed by atoms with E-state index in [0.717, 1.165) is 29.8 Å². The summed E-state index contributed by atoms with van der Waals surface area (Å²) in [4.78, 5) is 12.7. The first-order valence-corrected chi connectivity index (χ1v) is 7.29. The highest BCUT2D eigenvalue weighted by molar-refractivity contribution is 7.99. The third-order valence-corrected chi connectivity index (χ3v) is 4.29. The summed E-state index contributed by atoms with van der Waals surface area (Å²) in [7, 11) is 0. The quantitative estimate of drug-likeness (QED) is 0.865. The molecule has 0 spiro atoms. The summed E-state index contributed by atoms with van der Waals surface area (Å²) in [5.41, 5.74) is 1.12. The van der Waals surface area contributed by atoms with Crippen molar-refractivity contribution in [2.24, 2.45) is 0 Å². The van der Waals surface area contributed by atoms with Crippen molar-refractivity contribution >= 4 is 29.5 Å². The summed E-state index contributed by atoms with van der Waals surface area (Å²) in [6.07, 6.45) is 2.31. The molecule has 0 bridgehead atoms. The second-order valence-corrected chi connectivity index (χ2v) is 5.61.